The first-order valence-electron chi connectivity index (χ1n) is 11.0. The van der Waals surface area contributed by atoms with Gasteiger partial charge >= 0.3 is 0 Å². The average molecular weight is 530 g/mol. The van der Waals surface area contributed by atoms with Gasteiger partial charge < -0.3 is 4.74 Å². The molecule has 0 bridgehead atoms. The second kappa shape index (κ2) is 11.5. The van der Waals surface area contributed by atoms with Crippen LogP contribution < -0.4 is 9.04 Å². The van der Waals surface area contributed by atoms with Gasteiger partial charge in [-0.15, -0.1) is 0 Å². The Morgan fingerprint density at radius 1 is 0.909 bits per heavy atom. The summed E-state index contributed by atoms with van der Waals surface area (Å²) in [5.41, 5.74) is 2.59. The number of anilines is 1. The van der Waals surface area contributed by atoms with Gasteiger partial charge in [0.05, 0.1) is 21.7 Å². The third-order valence-corrected chi connectivity index (χ3v) is 7.67. The van der Waals surface area contributed by atoms with Crippen molar-refractivity contribution in [3.63, 3.8) is 0 Å². The maximum atomic E-state index is 13.4. The number of hydrogen-bond donors (Lipinski definition) is 0. The molecule has 0 spiro atoms. The van der Waals surface area contributed by atoms with E-state index in [0.717, 1.165) is 27.2 Å². The lowest BCUT2D eigenvalue weighted by atomic mass is 10.1. The quantitative estimate of drug-likeness (QED) is 0.295. The van der Waals surface area contributed by atoms with Crippen LogP contribution in [-0.4, -0.2) is 20.9 Å². The predicted molar refractivity (Wildman–Crippen MR) is 135 cm³/mol. The molecule has 1 amide bonds. The summed E-state index contributed by atoms with van der Waals surface area (Å²) in [6.45, 7) is 4.40. The van der Waals surface area contributed by atoms with Crippen molar-refractivity contribution in [2.75, 3.05) is 10.9 Å². The molecule has 0 aliphatic heterocycles. The molecule has 0 aromatic heterocycles. The number of halogens is 1. The molecule has 0 saturated carbocycles. The second-order valence-electron chi connectivity index (χ2n) is 7.57. The van der Waals surface area contributed by atoms with Crippen molar-refractivity contribution in [3.8, 4) is 5.75 Å². The van der Waals surface area contributed by atoms with Crippen molar-refractivity contribution in [2.45, 2.75) is 44.4 Å². The molecule has 0 unspecified atom stereocenters. The van der Waals surface area contributed by atoms with Crippen molar-refractivity contribution in [3.05, 3.63) is 88.4 Å². The molecule has 3 rings (SSSR count). The molecular weight excluding hydrogens is 502 g/mol. The van der Waals surface area contributed by atoms with Gasteiger partial charge in [0.2, 0.25) is 5.91 Å². The summed E-state index contributed by atoms with van der Waals surface area (Å²) < 4.78 is 34.3. The lowest BCUT2D eigenvalue weighted by Gasteiger charge is -2.23. The minimum atomic E-state index is -4.04. The molecule has 0 aliphatic rings. The Bertz CT molecular complexity index is 1180. The summed E-state index contributed by atoms with van der Waals surface area (Å²) in [7, 11) is -4.04. The van der Waals surface area contributed by atoms with E-state index >= 15 is 0 Å². The fourth-order valence-electron chi connectivity index (χ4n) is 3.37. The Morgan fingerprint density at radius 2 is 1.55 bits per heavy atom. The zero-order valence-electron chi connectivity index (χ0n) is 18.8. The number of ether oxygens (including phenoxy) is 1. The zero-order chi connectivity index (χ0) is 23.8. The smallest absolute Gasteiger partial charge is 0.270 e. The molecule has 3 aromatic carbocycles. The van der Waals surface area contributed by atoms with Crippen LogP contribution in [-0.2, 0) is 27.7 Å². The summed E-state index contributed by atoms with van der Waals surface area (Å²) in [6.07, 6.45) is 2.17. The van der Waals surface area contributed by atoms with Gasteiger partial charge in [0.15, 0.2) is 0 Å². The summed E-state index contributed by atoms with van der Waals surface area (Å²) in [6, 6.07) is 21.0. The van der Waals surface area contributed by atoms with Gasteiger partial charge in [0.1, 0.15) is 5.75 Å². The highest BCUT2D eigenvalue weighted by atomic mass is 79.9. The Labute approximate surface area is 204 Å². The Kier molecular flexibility index (Phi) is 8.69. The number of rotatable bonds is 10. The highest BCUT2D eigenvalue weighted by molar-refractivity contribution is 9.10. The van der Waals surface area contributed by atoms with Gasteiger partial charge in [0, 0.05) is 6.42 Å². The number of amides is 1. The van der Waals surface area contributed by atoms with Crippen LogP contribution in [0.15, 0.2) is 82.2 Å². The number of carbonyl (C=O) groups excluding carboxylic acids is 1. The largest absolute Gasteiger partial charge is 0.492 e. The molecule has 5 nitrogen and oxygen atoms in total. The first-order valence-corrected chi connectivity index (χ1v) is 13.2. The number of carbonyl (C=O) groups is 1. The molecule has 7 heteroatoms. The van der Waals surface area contributed by atoms with E-state index in [0.29, 0.717) is 24.5 Å². The number of sulfonamides is 1. The Morgan fingerprint density at radius 3 is 2.15 bits per heavy atom. The van der Waals surface area contributed by atoms with Crippen LogP contribution in [0.1, 0.15) is 37.8 Å². The van der Waals surface area contributed by atoms with Gasteiger partial charge in [0.25, 0.3) is 10.0 Å². The lowest BCUT2D eigenvalue weighted by molar-refractivity contribution is -0.117. The number of aryl methyl sites for hydroxylation is 2. The molecule has 0 radical (unpaired) electrons. The molecule has 0 saturated heterocycles. The van der Waals surface area contributed by atoms with Crippen LogP contribution in [0, 0.1) is 0 Å². The number of nitrogens with zero attached hydrogens (tertiary/aromatic N) is 1. The third kappa shape index (κ3) is 6.24. The van der Waals surface area contributed by atoms with E-state index in [2.05, 4.69) is 22.9 Å². The monoisotopic (exact) mass is 529 g/mol. The van der Waals surface area contributed by atoms with Crippen molar-refractivity contribution in [1.82, 2.24) is 0 Å². The number of benzene rings is 3. The topological polar surface area (TPSA) is 63.7 Å². The predicted octanol–water partition coefficient (Wildman–Crippen LogP) is 6.16. The van der Waals surface area contributed by atoms with E-state index in [1.165, 1.54) is 17.7 Å². The Balaban J connectivity index is 1.75. The van der Waals surface area contributed by atoms with Crippen LogP contribution in [0.3, 0.4) is 0 Å². The van der Waals surface area contributed by atoms with Gasteiger partial charge in [-0.1, -0.05) is 50.2 Å². The van der Waals surface area contributed by atoms with Crippen LogP contribution in [0.4, 0.5) is 5.69 Å². The van der Waals surface area contributed by atoms with Gasteiger partial charge in [-0.25, -0.2) is 12.7 Å². The van der Waals surface area contributed by atoms with Gasteiger partial charge in [-0.2, -0.15) is 0 Å². The van der Waals surface area contributed by atoms with Crippen LogP contribution in [0.2, 0.25) is 0 Å². The van der Waals surface area contributed by atoms with Crippen LogP contribution in [0.25, 0.3) is 0 Å². The molecule has 0 atom stereocenters. The fourth-order valence-corrected chi connectivity index (χ4v) is 5.38. The molecule has 0 fully saturated rings. The normalized spacial score (nSPS) is 11.2. The second-order valence-corrected chi connectivity index (χ2v) is 10.2. The van der Waals surface area contributed by atoms with Gasteiger partial charge in [-0.05, 0) is 82.7 Å². The minimum Gasteiger partial charge on any atom is -0.492 e. The SMILES string of the molecule is CCc1ccc(N(C(=O)CCCOc2ccc(CC)cc2Br)S(=O)(=O)c2ccccc2)cc1. The molecule has 33 heavy (non-hydrogen) atoms. The fraction of sp³-hybridized carbons (Fsp3) is 0.269. The first-order chi connectivity index (χ1) is 15.9. The third-order valence-electron chi connectivity index (χ3n) is 5.28. The van der Waals surface area contributed by atoms with Crippen molar-refractivity contribution in [2.24, 2.45) is 0 Å². The summed E-state index contributed by atoms with van der Waals surface area (Å²) >= 11 is 3.51. The Hall–Kier alpha value is -2.64. The minimum absolute atomic E-state index is 0.0340. The van der Waals surface area contributed by atoms with E-state index < -0.39 is 15.9 Å². The highest BCUT2D eigenvalue weighted by Crippen LogP contribution is 2.28. The maximum Gasteiger partial charge on any atom is 0.270 e. The first kappa shape index (κ1) is 25.0. The summed E-state index contributed by atoms with van der Waals surface area (Å²) in [4.78, 5) is 13.2. The lowest BCUT2D eigenvalue weighted by Crippen LogP contribution is -2.37. The standard InChI is InChI=1S/C26H28BrNO4S/c1-3-20-12-15-22(16-13-20)28(33(30,31)23-9-6-5-7-10-23)26(29)11-8-18-32-25-17-14-21(4-2)19-24(25)27/h5-7,9-10,12-17,19H,3-4,8,11,18H2,1-2H3. The summed E-state index contributed by atoms with van der Waals surface area (Å²) in [5, 5.41) is 0. The van der Waals surface area contributed by atoms with E-state index in [1.54, 1.807) is 30.3 Å². The van der Waals surface area contributed by atoms with Crippen LogP contribution >= 0.6 is 15.9 Å². The van der Waals surface area contributed by atoms with E-state index in [1.807, 2.05) is 37.3 Å². The van der Waals surface area contributed by atoms with E-state index in [4.69, 9.17) is 4.74 Å². The summed E-state index contributed by atoms with van der Waals surface area (Å²) in [5.74, 6) is 0.204. The zero-order valence-corrected chi connectivity index (χ0v) is 21.2. The average Bonchev–Trinajstić information content (AvgIpc) is 2.83. The maximum absolute atomic E-state index is 13.4. The van der Waals surface area contributed by atoms with E-state index in [-0.39, 0.29) is 11.3 Å². The highest BCUT2D eigenvalue weighted by Gasteiger charge is 2.30. The van der Waals surface area contributed by atoms with Crippen molar-refractivity contribution in [1.29, 1.82) is 0 Å². The molecule has 0 aliphatic carbocycles. The van der Waals surface area contributed by atoms with Crippen molar-refractivity contribution < 1.29 is 17.9 Å². The molecule has 3 aromatic rings. The molecular formula is C26H28BrNO4S. The number of hydrogen-bond acceptors (Lipinski definition) is 4. The molecule has 0 heterocycles. The van der Waals surface area contributed by atoms with Crippen molar-refractivity contribution >= 4 is 37.5 Å². The molecule has 174 valence electrons. The van der Waals surface area contributed by atoms with Gasteiger partial charge in [-0.3, -0.25) is 4.79 Å². The van der Waals surface area contributed by atoms with E-state index in [9.17, 15) is 13.2 Å². The molecule has 0 N–H and O–H groups in total. The van der Waals surface area contributed by atoms with Crippen LogP contribution in [0.5, 0.6) is 5.75 Å².